The van der Waals surface area contributed by atoms with Crippen molar-refractivity contribution in [2.75, 3.05) is 6.54 Å². The van der Waals surface area contributed by atoms with E-state index in [1.54, 1.807) is 35.6 Å². The lowest BCUT2D eigenvalue weighted by Crippen LogP contribution is -2.30. The Morgan fingerprint density at radius 2 is 2.05 bits per heavy atom. The molecule has 0 aliphatic rings. The first-order chi connectivity index (χ1) is 9.18. The average molecular weight is 377 g/mol. The quantitative estimate of drug-likeness (QED) is 0.803. The van der Waals surface area contributed by atoms with Gasteiger partial charge in [-0.05, 0) is 29.5 Å². The van der Waals surface area contributed by atoms with Gasteiger partial charge in [0, 0.05) is 16.4 Å². The predicted octanol–water partition coefficient (Wildman–Crippen LogP) is 3.94. The summed E-state index contributed by atoms with van der Waals surface area (Å²) in [4.78, 5) is 12.6. The largest absolute Gasteiger partial charge is 0.480 e. The first-order valence-corrected chi connectivity index (χ1v) is 7.17. The van der Waals surface area contributed by atoms with Crippen LogP contribution in [-0.4, -0.2) is 17.6 Å². The second-order valence-corrected chi connectivity index (χ2v) is 5.52. The van der Waals surface area contributed by atoms with Gasteiger partial charge in [0.25, 0.3) is 0 Å². The van der Waals surface area contributed by atoms with E-state index in [2.05, 4.69) is 5.32 Å². The van der Waals surface area contributed by atoms with Crippen LogP contribution in [0.1, 0.15) is 16.5 Å². The number of carboxylic acid groups (broad SMARTS) is 1. The van der Waals surface area contributed by atoms with Crippen LogP contribution in [0.2, 0.25) is 5.02 Å². The maximum Gasteiger partial charge on any atom is 0.325 e. The van der Waals surface area contributed by atoms with E-state index in [9.17, 15) is 9.90 Å². The molecule has 0 radical (unpaired) electrons. The van der Waals surface area contributed by atoms with Crippen LogP contribution in [-0.2, 0) is 11.2 Å². The summed E-state index contributed by atoms with van der Waals surface area (Å²) in [7, 11) is 0. The molecule has 0 saturated carbocycles. The van der Waals surface area contributed by atoms with E-state index in [4.69, 9.17) is 11.6 Å². The van der Waals surface area contributed by atoms with Gasteiger partial charge < -0.3 is 10.4 Å². The van der Waals surface area contributed by atoms with E-state index in [1.807, 2.05) is 17.5 Å². The van der Waals surface area contributed by atoms with Crippen molar-refractivity contribution in [3.05, 3.63) is 57.2 Å². The van der Waals surface area contributed by atoms with Crippen LogP contribution in [0.4, 0.5) is 0 Å². The summed E-state index contributed by atoms with van der Waals surface area (Å²) in [5, 5.41) is 14.8. The Morgan fingerprint density at radius 1 is 1.30 bits per heavy atom. The molecule has 0 fully saturated rings. The van der Waals surface area contributed by atoms with Crippen LogP contribution in [0.15, 0.2) is 41.8 Å². The number of nitrogens with one attached hydrogen (secondary N) is 1. The van der Waals surface area contributed by atoms with Gasteiger partial charge >= 0.3 is 5.97 Å². The molecule has 108 valence electrons. The Morgan fingerprint density at radius 3 is 2.65 bits per heavy atom. The smallest absolute Gasteiger partial charge is 0.325 e. The maximum absolute atomic E-state index is 11.3. The monoisotopic (exact) mass is 375 g/mol. The zero-order valence-electron chi connectivity index (χ0n) is 10.6. The summed E-state index contributed by atoms with van der Waals surface area (Å²) in [6.45, 7) is 0.600. The Balaban J connectivity index is 0.00000200. The number of benzene rings is 1. The first kappa shape index (κ1) is 17.2. The Kier molecular flexibility index (Phi) is 7.23. The molecule has 2 rings (SSSR count). The Hall–Kier alpha value is -0.880. The molecule has 3 nitrogen and oxygen atoms in total. The van der Waals surface area contributed by atoms with Gasteiger partial charge in [0.1, 0.15) is 6.04 Å². The van der Waals surface area contributed by atoms with Crippen molar-refractivity contribution >= 4 is 45.9 Å². The minimum Gasteiger partial charge on any atom is -0.480 e. The highest BCUT2D eigenvalue weighted by atomic mass is 79.9. The third-order valence-electron chi connectivity index (χ3n) is 2.76. The number of carboxylic acids is 1. The molecule has 2 N–H and O–H groups in total. The van der Waals surface area contributed by atoms with Gasteiger partial charge in [-0.15, -0.1) is 28.3 Å². The lowest BCUT2D eigenvalue weighted by Gasteiger charge is -2.15. The van der Waals surface area contributed by atoms with Gasteiger partial charge in [-0.1, -0.05) is 35.9 Å². The molecule has 0 saturated heterocycles. The van der Waals surface area contributed by atoms with Crippen molar-refractivity contribution < 1.29 is 9.90 Å². The number of hydrogen-bond donors (Lipinski definition) is 2. The zero-order valence-corrected chi connectivity index (χ0v) is 13.9. The van der Waals surface area contributed by atoms with Crippen molar-refractivity contribution in [2.45, 2.75) is 12.5 Å². The number of halogens is 2. The molecule has 0 spiro atoms. The van der Waals surface area contributed by atoms with E-state index in [1.165, 1.54) is 4.88 Å². The number of carbonyl (C=O) groups is 1. The summed E-state index contributed by atoms with van der Waals surface area (Å²) >= 11 is 7.71. The summed E-state index contributed by atoms with van der Waals surface area (Å²) < 4.78 is 0. The van der Waals surface area contributed by atoms with Crippen molar-refractivity contribution in [3.63, 3.8) is 0 Å². The standard InChI is InChI=1S/C14H14ClNO2S.BrH/c15-12-6-2-1-5-11(12)13(14(17)18)16-8-7-10-4-3-9-19-10;/h1-6,9,13,16H,7-8H2,(H,17,18);1H. The molecule has 1 atom stereocenters. The molecular weight excluding hydrogens is 362 g/mol. The normalized spacial score (nSPS) is 11.7. The molecule has 2 aromatic rings. The molecule has 1 aromatic carbocycles. The lowest BCUT2D eigenvalue weighted by atomic mass is 10.1. The summed E-state index contributed by atoms with van der Waals surface area (Å²) in [5.74, 6) is -0.917. The molecule has 1 heterocycles. The van der Waals surface area contributed by atoms with E-state index >= 15 is 0 Å². The van der Waals surface area contributed by atoms with E-state index < -0.39 is 12.0 Å². The summed E-state index contributed by atoms with van der Waals surface area (Å²) in [6, 6.07) is 10.3. The summed E-state index contributed by atoms with van der Waals surface area (Å²) in [5.41, 5.74) is 0.600. The van der Waals surface area contributed by atoms with Gasteiger partial charge in [-0.3, -0.25) is 4.79 Å². The molecule has 20 heavy (non-hydrogen) atoms. The second kappa shape index (κ2) is 8.42. The van der Waals surface area contributed by atoms with E-state index in [0.717, 1.165) is 6.42 Å². The van der Waals surface area contributed by atoms with Crippen LogP contribution in [0.3, 0.4) is 0 Å². The fourth-order valence-corrected chi connectivity index (χ4v) is 2.79. The van der Waals surface area contributed by atoms with Crippen molar-refractivity contribution in [2.24, 2.45) is 0 Å². The highest BCUT2D eigenvalue weighted by molar-refractivity contribution is 8.93. The Bertz CT molecular complexity index is 548. The Labute approximate surface area is 137 Å². The van der Waals surface area contributed by atoms with Crippen molar-refractivity contribution in [1.29, 1.82) is 0 Å². The third kappa shape index (κ3) is 4.59. The summed E-state index contributed by atoms with van der Waals surface area (Å²) in [6.07, 6.45) is 0.811. The van der Waals surface area contributed by atoms with Crippen LogP contribution < -0.4 is 5.32 Å². The molecule has 1 unspecified atom stereocenters. The van der Waals surface area contributed by atoms with Gasteiger partial charge in [-0.25, -0.2) is 0 Å². The van der Waals surface area contributed by atoms with E-state index in [0.29, 0.717) is 17.1 Å². The minimum absolute atomic E-state index is 0. The molecule has 0 bridgehead atoms. The topological polar surface area (TPSA) is 49.3 Å². The highest BCUT2D eigenvalue weighted by Crippen LogP contribution is 2.23. The molecule has 0 aliphatic carbocycles. The van der Waals surface area contributed by atoms with Gasteiger partial charge in [0.05, 0.1) is 0 Å². The maximum atomic E-state index is 11.3. The van der Waals surface area contributed by atoms with Crippen LogP contribution >= 0.6 is 39.9 Å². The van der Waals surface area contributed by atoms with Gasteiger partial charge in [0.15, 0.2) is 0 Å². The molecule has 0 aliphatic heterocycles. The number of thiophene rings is 1. The van der Waals surface area contributed by atoms with Crippen LogP contribution in [0.5, 0.6) is 0 Å². The third-order valence-corrected chi connectivity index (χ3v) is 4.04. The van der Waals surface area contributed by atoms with Crippen molar-refractivity contribution in [1.82, 2.24) is 5.32 Å². The fraction of sp³-hybridized carbons (Fsp3) is 0.214. The molecular formula is C14H15BrClNO2S. The van der Waals surface area contributed by atoms with E-state index in [-0.39, 0.29) is 17.0 Å². The SMILES string of the molecule is Br.O=C(O)C(NCCc1cccs1)c1ccccc1Cl. The minimum atomic E-state index is -0.917. The fourth-order valence-electron chi connectivity index (χ4n) is 1.83. The number of aliphatic carboxylic acids is 1. The van der Waals surface area contributed by atoms with Gasteiger partial charge in [-0.2, -0.15) is 0 Å². The number of hydrogen-bond acceptors (Lipinski definition) is 3. The van der Waals surface area contributed by atoms with Crippen LogP contribution in [0.25, 0.3) is 0 Å². The molecule has 0 amide bonds. The molecule has 6 heteroatoms. The zero-order chi connectivity index (χ0) is 13.7. The lowest BCUT2D eigenvalue weighted by molar-refractivity contribution is -0.139. The van der Waals surface area contributed by atoms with Crippen molar-refractivity contribution in [3.8, 4) is 0 Å². The average Bonchev–Trinajstić information content (AvgIpc) is 2.89. The second-order valence-electron chi connectivity index (χ2n) is 4.08. The molecule has 1 aromatic heterocycles. The van der Waals surface area contributed by atoms with Gasteiger partial charge in [0.2, 0.25) is 0 Å². The highest BCUT2D eigenvalue weighted by Gasteiger charge is 2.21. The number of rotatable bonds is 6. The first-order valence-electron chi connectivity index (χ1n) is 5.91. The van der Waals surface area contributed by atoms with Crippen LogP contribution in [0, 0.1) is 0 Å². The predicted molar refractivity (Wildman–Crippen MR) is 88.2 cm³/mol.